The van der Waals surface area contributed by atoms with Crippen LogP contribution in [-0.4, -0.2) is 12.3 Å². The van der Waals surface area contributed by atoms with Crippen LogP contribution in [0.4, 0.5) is 0 Å². The third kappa shape index (κ3) is 2.24. The van der Waals surface area contributed by atoms with Crippen LogP contribution in [0.25, 0.3) is 0 Å². The summed E-state index contributed by atoms with van der Waals surface area (Å²) in [6, 6.07) is 19.7. The van der Waals surface area contributed by atoms with Crippen molar-refractivity contribution in [1.82, 2.24) is 5.32 Å². The lowest BCUT2D eigenvalue weighted by molar-refractivity contribution is 0.632. The molecule has 2 aromatic rings. The van der Waals surface area contributed by atoms with Crippen LogP contribution in [0.15, 0.2) is 59.5 Å². The van der Waals surface area contributed by atoms with Crippen molar-refractivity contribution in [2.45, 2.75) is 10.9 Å². The first-order valence-electron chi connectivity index (χ1n) is 5.95. The highest BCUT2D eigenvalue weighted by molar-refractivity contribution is 7.99. The van der Waals surface area contributed by atoms with Crippen molar-refractivity contribution in [3.8, 4) is 0 Å². The minimum absolute atomic E-state index is 0.336. The third-order valence-electron chi connectivity index (χ3n) is 3.07. The molecule has 0 amide bonds. The summed E-state index contributed by atoms with van der Waals surface area (Å²) in [5, 5.41) is 3.63. The zero-order valence-electron chi connectivity index (χ0n) is 9.60. The number of fused-ring (bicyclic) bond motifs is 1. The number of hydrogen-bond donors (Lipinski definition) is 1. The summed E-state index contributed by atoms with van der Waals surface area (Å²) in [6.07, 6.45) is 0. The Kier molecular flexibility index (Phi) is 3.16. The molecular weight excluding hydrogens is 226 g/mol. The molecular formula is C15H15NS. The van der Waals surface area contributed by atoms with Crippen molar-refractivity contribution in [2.75, 3.05) is 12.3 Å². The molecule has 1 heterocycles. The molecule has 1 nitrogen and oxygen atoms in total. The summed E-state index contributed by atoms with van der Waals surface area (Å²) in [5.41, 5.74) is 2.75. The minimum atomic E-state index is 0.336. The van der Waals surface area contributed by atoms with Gasteiger partial charge in [-0.05, 0) is 17.2 Å². The molecule has 86 valence electrons. The van der Waals surface area contributed by atoms with Crippen LogP contribution in [-0.2, 0) is 0 Å². The molecule has 1 aliphatic rings. The van der Waals surface area contributed by atoms with Gasteiger partial charge in [0.15, 0.2) is 0 Å². The summed E-state index contributed by atoms with van der Waals surface area (Å²) in [6.45, 7) is 1.05. The van der Waals surface area contributed by atoms with Gasteiger partial charge >= 0.3 is 0 Å². The topological polar surface area (TPSA) is 12.0 Å². The Hall–Kier alpha value is -1.25. The summed E-state index contributed by atoms with van der Waals surface area (Å²) in [7, 11) is 0. The first-order chi connectivity index (χ1) is 8.45. The fourth-order valence-electron chi connectivity index (χ4n) is 2.27. The molecule has 0 spiro atoms. The van der Waals surface area contributed by atoms with E-state index in [0.29, 0.717) is 6.04 Å². The minimum Gasteiger partial charge on any atom is -0.305 e. The molecule has 17 heavy (non-hydrogen) atoms. The van der Waals surface area contributed by atoms with Crippen LogP contribution in [0.5, 0.6) is 0 Å². The molecule has 0 saturated carbocycles. The van der Waals surface area contributed by atoms with E-state index in [2.05, 4.69) is 59.9 Å². The van der Waals surface area contributed by atoms with Gasteiger partial charge in [-0.2, -0.15) is 0 Å². The zero-order valence-corrected chi connectivity index (χ0v) is 10.4. The number of rotatable bonds is 1. The maximum Gasteiger partial charge on any atom is 0.0588 e. The van der Waals surface area contributed by atoms with Crippen LogP contribution in [0, 0.1) is 0 Å². The summed E-state index contributed by atoms with van der Waals surface area (Å²) in [5.74, 6) is 1.14. The SMILES string of the molecule is c1ccc(C2NCCSc3ccccc32)cc1. The number of nitrogens with one attached hydrogen (secondary N) is 1. The molecule has 0 radical (unpaired) electrons. The van der Waals surface area contributed by atoms with E-state index in [-0.39, 0.29) is 0 Å². The molecule has 0 aromatic heterocycles. The van der Waals surface area contributed by atoms with Crippen molar-refractivity contribution in [3.63, 3.8) is 0 Å². The molecule has 3 rings (SSSR count). The van der Waals surface area contributed by atoms with Gasteiger partial charge in [-0.3, -0.25) is 0 Å². The van der Waals surface area contributed by atoms with Gasteiger partial charge in [0.25, 0.3) is 0 Å². The van der Waals surface area contributed by atoms with Crippen molar-refractivity contribution in [2.24, 2.45) is 0 Å². The van der Waals surface area contributed by atoms with Crippen LogP contribution in [0.1, 0.15) is 17.2 Å². The quantitative estimate of drug-likeness (QED) is 0.820. The molecule has 0 bridgehead atoms. The molecule has 1 unspecified atom stereocenters. The fourth-order valence-corrected chi connectivity index (χ4v) is 3.23. The van der Waals surface area contributed by atoms with Crippen molar-refractivity contribution in [3.05, 3.63) is 65.7 Å². The second-order valence-corrected chi connectivity index (χ2v) is 5.32. The smallest absolute Gasteiger partial charge is 0.0588 e. The van der Waals surface area contributed by atoms with Crippen LogP contribution in [0.2, 0.25) is 0 Å². The van der Waals surface area contributed by atoms with Gasteiger partial charge in [0, 0.05) is 17.2 Å². The van der Waals surface area contributed by atoms with E-state index in [9.17, 15) is 0 Å². The third-order valence-corrected chi connectivity index (χ3v) is 4.16. The Morgan fingerprint density at radius 1 is 0.941 bits per heavy atom. The Morgan fingerprint density at radius 2 is 1.71 bits per heavy atom. The average molecular weight is 241 g/mol. The number of hydrogen-bond acceptors (Lipinski definition) is 2. The van der Waals surface area contributed by atoms with Gasteiger partial charge < -0.3 is 5.32 Å². The maximum atomic E-state index is 3.63. The van der Waals surface area contributed by atoms with Crippen molar-refractivity contribution in [1.29, 1.82) is 0 Å². The van der Waals surface area contributed by atoms with E-state index in [4.69, 9.17) is 0 Å². The molecule has 0 aliphatic carbocycles. The normalized spacial score (nSPS) is 19.4. The van der Waals surface area contributed by atoms with E-state index in [1.165, 1.54) is 16.0 Å². The van der Waals surface area contributed by atoms with Gasteiger partial charge in [-0.15, -0.1) is 11.8 Å². The van der Waals surface area contributed by atoms with Gasteiger partial charge in [-0.1, -0.05) is 48.5 Å². The van der Waals surface area contributed by atoms with E-state index in [1.54, 1.807) is 0 Å². The van der Waals surface area contributed by atoms with E-state index < -0.39 is 0 Å². The number of benzene rings is 2. The monoisotopic (exact) mass is 241 g/mol. The Morgan fingerprint density at radius 3 is 2.59 bits per heavy atom. The zero-order chi connectivity index (χ0) is 11.5. The Balaban J connectivity index is 2.06. The Labute approximate surface area is 106 Å². The van der Waals surface area contributed by atoms with Gasteiger partial charge in [0.2, 0.25) is 0 Å². The summed E-state index contributed by atoms with van der Waals surface area (Å²) in [4.78, 5) is 1.41. The highest BCUT2D eigenvalue weighted by atomic mass is 32.2. The summed E-state index contributed by atoms with van der Waals surface area (Å²) < 4.78 is 0. The molecule has 1 aliphatic heterocycles. The van der Waals surface area contributed by atoms with Crippen molar-refractivity contribution >= 4 is 11.8 Å². The molecule has 1 N–H and O–H groups in total. The lowest BCUT2D eigenvalue weighted by atomic mass is 9.99. The summed E-state index contributed by atoms with van der Waals surface area (Å²) >= 11 is 1.95. The largest absolute Gasteiger partial charge is 0.305 e. The highest BCUT2D eigenvalue weighted by Gasteiger charge is 2.19. The van der Waals surface area contributed by atoms with Crippen molar-refractivity contribution < 1.29 is 0 Å². The van der Waals surface area contributed by atoms with E-state index in [1.807, 2.05) is 11.8 Å². The molecule has 0 fully saturated rings. The molecule has 2 heteroatoms. The van der Waals surface area contributed by atoms with Crippen LogP contribution in [0.3, 0.4) is 0 Å². The van der Waals surface area contributed by atoms with Gasteiger partial charge in [-0.25, -0.2) is 0 Å². The van der Waals surface area contributed by atoms with Crippen LogP contribution >= 0.6 is 11.8 Å². The highest BCUT2D eigenvalue weighted by Crippen LogP contribution is 2.33. The van der Waals surface area contributed by atoms with Gasteiger partial charge in [0.05, 0.1) is 6.04 Å². The standard InChI is InChI=1S/C15H15NS/c1-2-6-12(7-3-1)15-13-8-4-5-9-14(13)17-11-10-16-15/h1-9,15-16H,10-11H2. The molecule has 1 atom stereocenters. The lowest BCUT2D eigenvalue weighted by Gasteiger charge is -2.18. The van der Waals surface area contributed by atoms with E-state index in [0.717, 1.165) is 12.3 Å². The van der Waals surface area contributed by atoms with Gasteiger partial charge in [0.1, 0.15) is 0 Å². The number of thioether (sulfide) groups is 1. The maximum absolute atomic E-state index is 3.63. The second kappa shape index (κ2) is 4.94. The van der Waals surface area contributed by atoms with Crippen LogP contribution < -0.4 is 5.32 Å². The first-order valence-corrected chi connectivity index (χ1v) is 6.94. The molecule has 2 aromatic carbocycles. The van der Waals surface area contributed by atoms with E-state index >= 15 is 0 Å². The lowest BCUT2D eigenvalue weighted by Crippen LogP contribution is -2.23. The predicted molar refractivity (Wildman–Crippen MR) is 73.5 cm³/mol. The predicted octanol–water partition coefficient (Wildman–Crippen LogP) is 3.47. The fraction of sp³-hybridized carbons (Fsp3) is 0.200. The average Bonchev–Trinajstić information content (AvgIpc) is 2.62. The second-order valence-electron chi connectivity index (χ2n) is 4.18. The Bertz CT molecular complexity index is 495. The first kappa shape index (κ1) is 10.9. The molecule has 0 saturated heterocycles.